The number of rotatable bonds is 24. The van der Waals surface area contributed by atoms with Crippen LogP contribution in [0.1, 0.15) is 84.8 Å². The summed E-state index contributed by atoms with van der Waals surface area (Å²) >= 11 is 0. The van der Waals surface area contributed by atoms with Gasteiger partial charge in [-0.2, -0.15) is 0 Å². The average Bonchev–Trinajstić information content (AvgIpc) is 3.59. The summed E-state index contributed by atoms with van der Waals surface area (Å²) in [6.07, 6.45) is 1.89. The number of primary amides is 1. The Bertz CT molecular complexity index is 1950. The van der Waals surface area contributed by atoms with Gasteiger partial charge in [0, 0.05) is 36.4 Å². The van der Waals surface area contributed by atoms with Gasteiger partial charge in [0.2, 0.25) is 35.4 Å². The third-order valence-corrected chi connectivity index (χ3v) is 10.2. The second-order valence-electron chi connectivity index (χ2n) is 16.3. The summed E-state index contributed by atoms with van der Waals surface area (Å²) in [5.41, 5.74) is 13.6. The minimum Gasteiger partial charge on any atom is -0.508 e. The molecule has 0 saturated carbocycles. The molecule has 17 nitrogen and oxygen atoms in total. The molecule has 0 aliphatic heterocycles. The van der Waals surface area contributed by atoms with Crippen molar-refractivity contribution in [2.45, 2.75) is 123 Å². The number of phenolic OH excluding ortho intramolecular Hbond substituents is 1. The van der Waals surface area contributed by atoms with E-state index in [1.54, 1.807) is 32.2 Å². The molecule has 1 heterocycles. The number of benzene rings is 2. The van der Waals surface area contributed by atoms with Gasteiger partial charge in [-0.25, -0.2) is 4.79 Å². The summed E-state index contributed by atoms with van der Waals surface area (Å²) < 4.78 is 0. The molecule has 3 aromatic rings. The highest BCUT2D eigenvalue weighted by Gasteiger charge is 2.35. The molecule has 1 aromatic heterocycles. The van der Waals surface area contributed by atoms with Crippen molar-refractivity contribution in [3.05, 3.63) is 65.9 Å². The monoisotopic (exact) mass is 834 g/mol. The van der Waals surface area contributed by atoms with E-state index in [9.17, 15) is 43.8 Å². The van der Waals surface area contributed by atoms with Crippen LogP contribution in [0.3, 0.4) is 0 Å². The molecule has 0 radical (unpaired) electrons. The summed E-state index contributed by atoms with van der Waals surface area (Å²) in [5.74, 6) is -6.19. The van der Waals surface area contributed by atoms with Gasteiger partial charge in [-0.3, -0.25) is 28.8 Å². The first kappa shape index (κ1) is 48.4. The van der Waals surface area contributed by atoms with E-state index >= 15 is 0 Å². The number of nitrogens with two attached hydrogens (primary N) is 2. The molecule has 0 aliphatic rings. The van der Waals surface area contributed by atoms with Gasteiger partial charge in [0.05, 0.1) is 6.04 Å². The molecule has 2 aromatic carbocycles. The molecule has 0 spiro atoms. The molecule has 0 saturated heterocycles. The molecule has 17 heteroatoms. The van der Waals surface area contributed by atoms with Gasteiger partial charge in [0.25, 0.3) is 0 Å². The number of nitrogens with one attached hydrogen (secondary N) is 6. The molecule has 0 bridgehead atoms. The first-order chi connectivity index (χ1) is 28.3. The Morgan fingerprint density at radius 1 is 0.683 bits per heavy atom. The van der Waals surface area contributed by atoms with Crippen molar-refractivity contribution in [1.29, 1.82) is 0 Å². The number of carbonyl (C=O) groups excluding carboxylic acids is 6. The lowest BCUT2D eigenvalue weighted by molar-refractivity contribution is -0.142. The van der Waals surface area contributed by atoms with Gasteiger partial charge in [-0.15, -0.1) is 0 Å². The number of phenols is 1. The Kier molecular flexibility index (Phi) is 18.5. The maximum absolute atomic E-state index is 14.1. The van der Waals surface area contributed by atoms with E-state index in [0.717, 1.165) is 10.9 Å². The number of aromatic hydroxyl groups is 1. The number of hydrogen-bond donors (Lipinski definition) is 10. The third kappa shape index (κ3) is 15.0. The van der Waals surface area contributed by atoms with Gasteiger partial charge in [0.1, 0.15) is 36.0 Å². The van der Waals surface area contributed by atoms with Crippen molar-refractivity contribution in [1.82, 2.24) is 31.6 Å². The first-order valence-corrected chi connectivity index (χ1v) is 20.4. The van der Waals surface area contributed by atoms with E-state index in [0.29, 0.717) is 24.0 Å². The summed E-state index contributed by atoms with van der Waals surface area (Å²) in [6.45, 7) is 10.9. The lowest BCUT2D eigenvalue weighted by Crippen LogP contribution is -2.61. The molecule has 328 valence electrons. The van der Waals surface area contributed by atoms with Crippen molar-refractivity contribution in [2.24, 2.45) is 29.2 Å². The Morgan fingerprint density at radius 3 is 1.83 bits per heavy atom. The Labute approximate surface area is 350 Å². The number of fused-ring (bicyclic) bond motifs is 1. The molecule has 3 rings (SSSR count). The number of amides is 6. The van der Waals surface area contributed by atoms with Crippen molar-refractivity contribution in [3.8, 4) is 5.75 Å². The zero-order valence-corrected chi connectivity index (χ0v) is 35.2. The highest BCUT2D eigenvalue weighted by molar-refractivity contribution is 5.97. The molecule has 6 amide bonds. The summed E-state index contributed by atoms with van der Waals surface area (Å²) in [4.78, 5) is 96.5. The number of carboxylic acids is 1. The topological polar surface area (TPSA) is 288 Å². The number of aliphatic carboxylic acids is 1. The molecule has 7 atom stereocenters. The van der Waals surface area contributed by atoms with Crippen LogP contribution in [0, 0.1) is 17.8 Å². The summed E-state index contributed by atoms with van der Waals surface area (Å²) in [7, 11) is 0. The molecule has 0 unspecified atom stereocenters. The van der Waals surface area contributed by atoms with Crippen LogP contribution >= 0.6 is 0 Å². The second-order valence-corrected chi connectivity index (χ2v) is 16.3. The van der Waals surface area contributed by atoms with Crippen LogP contribution in [-0.4, -0.2) is 92.9 Å². The first-order valence-electron chi connectivity index (χ1n) is 20.4. The fourth-order valence-corrected chi connectivity index (χ4v) is 6.71. The number of aromatic nitrogens is 1. The van der Waals surface area contributed by atoms with Crippen molar-refractivity contribution in [2.75, 3.05) is 0 Å². The molecular weight excluding hydrogens is 773 g/mol. The number of aromatic amines is 1. The maximum Gasteiger partial charge on any atom is 0.326 e. The third-order valence-electron chi connectivity index (χ3n) is 10.2. The van der Waals surface area contributed by atoms with Crippen molar-refractivity contribution in [3.63, 3.8) is 0 Å². The van der Waals surface area contributed by atoms with Crippen LogP contribution in [0.15, 0.2) is 54.7 Å². The lowest BCUT2D eigenvalue weighted by Gasteiger charge is -2.29. The van der Waals surface area contributed by atoms with Gasteiger partial charge < -0.3 is 53.2 Å². The predicted octanol–water partition coefficient (Wildman–Crippen LogP) is 1.90. The van der Waals surface area contributed by atoms with E-state index in [1.807, 2.05) is 52.0 Å². The standard InChI is InChI=1S/C43H62N8O9/c1-7-25(6)37(51-41(57)33(20-26-12-14-28(52)15-13-26)48-38(54)30(44)18-23(2)3)42(58)47-32(16-17-36(45)53)39(55)49-34(40(56)50-35(43(59)60)19-24(4)5)21-27-22-46-31-11-9-8-10-29(27)31/h8-15,22-25,30,32-35,37,46,52H,7,16-21,44H2,1-6H3,(H2,45,53)(H,47,58)(H,48,54)(H,49,55)(H,50,56)(H,51,57)(H,59,60)/t25-,30-,32-,33-,34-,35-,37-/m0/s1. The van der Waals surface area contributed by atoms with Gasteiger partial charge in [0.15, 0.2) is 0 Å². The number of H-pyrrole nitrogens is 1. The average molecular weight is 835 g/mol. The van der Waals surface area contributed by atoms with Crippen LogP contribution in [0.25, 0.3) is 10.9 Å². The van der Waals surface area contributed by atoms with Crippen LogP contribution in [0.5, 0.6) is 5.75 Å². The normalized spacial score (nSPS) is 14.9. The minimum absolute atomic E-state index is 0.00618. The van der Waals surface area contributed by atoms with Crippen LogP contribution < -0.4 is 38.1 Å². The molecule has 0 fully saturated rings. The fourth-order valence-electron chi connectivity index (χ4n) is 6.71. The molecular formula is C43H62N8O9. The highest BCUT2D eigenvalue weighted by atomic mass is 16.4. The predicted molar refractivity (Wildman–Crippen MR) is 226 cm³/mol. The smallest absolute Gasteiger partial charge is 0.326 e. The van der Waals surface area contributed by atoms with Gasteiger partial charge in [-0.1, -0.05) is 78.3 Å². The molecule has 12 N–H and O–H groups in total. The fraction of sp³-hybridized carbons (Fsp3) is 0.512. The van der Waals surface area contributed by atoms with E-state index in [-0.39, 0.29) is 49.7 Å². The number of para-hydroxylation sites is 1. The Balaban J connectivity index is 1.93. The number of hydrogen-bond acceptors (Lipinski definition) is 9. The van der Waals surface area contributed by atoms with Crippen molar-refractivity contribution >= 4 is 52.3 Å². The zero-order valence-electron chi connectivity index (χ0n) is 35.2. The van der Waals surface area contributed by atoms with Crippen molar-refractivity contribution < 1.29 is 43.8 Å². The lowest BCUT2D eigenvalue weighted by atomic mass is 9.96. The van der Waals surface area contributed by atoms with Gasteiger partial charge >= 0.3 is 5.97 Å². The van der Waals surface area contributed by atoms with E-state index in [1.165, 1.54) is 12.1 Å². The van der Waals surface area contributed by atoms with Crippen LogP contribution in [0.4, 0.5) is 0 Å². The quantitative estimate of drug-likeness (QED) is 0.0626. The Hall–Kier alpha value is -5.97. The van der Waals surface area contributed by atoms with Crippen LogP contribution in [0.2, 0.25) is 0 Å². The largest absolute Gasteiger partial charge is 0.508 e. The SMILES string of the molecule is CC[C@H](C)[C@H](NC(=O)[C@H](Cc1ccc(O)cc1)NC(=O)[C@@H](N)CC(C)C)C(=O)N[C@@H](CCC(N)=O)C(=O)N[C@@H](Cc1c[nH]c2ccccc12)C(=O)N[C@@H](CC(C)C)C(=O)O. The number of carbonyl (C=O) groups is 7. The zero-order chi connectivity index (χ0) is 44.7. The molecule has 0 aliphatic carbocycles. The number of carboxylic acid groups (broad SMARTS) is 1. The van der Waals surface area contributed by atoms with Crippen LogP contribution in [-0.2, 0) is 46.4 Å². The summed E-state index contributed by atoms with van der Waals surface area (Å²) in [6, 6.07) is 6.01. The van der Waals surface area contributed by atoms with Gasteiger partial charge in [-0.05, 0) is 66.3 Å². The Morgan fingerprint density at radius 2 is 1.23 bits per heavy atom. The minimum atomic E-state index is -1.43. The highest BCUT2D eigenvalue weighted by Crippen LogP contribution is 2.20. The van der Waals surface area contributed by atoms with E-state index in [2.05, 4.69) is 31.6 Å². The summed E-state index contributed by atoms with van der Waals surface area (Å²) in [5, 5.41) is 33.8. The van der Waals surface area contributed by atoms with E-state index in [4.69, 9.17) is 11.5 Å². The second kappa shape index (κ2) is 23.0. The maximum atomic E-state index is 14.1. The molecule has 60 heavy (non-hydrogen) atoms. The van der Waals surface area contributed by atoms with E-state index < -0.39 is 83.6 Å².